The zero-order valence-corrected chi connectivity index (χ0v) is 30.1. The molecule has 1 aliphatic heterocycles. The van der Waals surface area contributed by atoms with Crippen molar-refractivity contribution in [3.8, 4) is 17.2 Å². The fraction of sp³-hybridized carbons (Fsp3) is 0.382. The number of rotatable bonds is 14. The number of piperidine rings is 1. The first kappa shape index (κ1) is 37.1. The lowest BCUT2D eigenvalue weighted by Gasteiger charge is -2.38. The van der Waals surface area contributed by atoms with Gasteiger partial charge < -0.3 is 23.8 Å². The van der Waals surface area contributed by atoms with Gasteiger partial charge in [0, 0.05) is 59.3 Å². The summed E-state index contributed by atoms with van der Waals surface area (Å²) in [5, 5.41) is 0.505. The minimum atomic E-state index is -4.73. The summed E-state index contributed by atoms with van der Waals surface area (Å²) in [5.74, 6) is -2.41. The second-order valence-corrected chi connectivity index (χ2v) is 14.6. The van der Waals surface area contributed by atoms with E-state index in [4.69, 9.17) is 30.5 Å². The number of unbranched alkanes of at least 4 members (excludes halogenated alkanes) is 1. The van der Waals surface area contributed by atoms with Crippen molar-refractivity contribution in [2.75, 3.05) is 44.8 Å². The number of benzene rings is 3. The lowest BCUT2D eigenvalue weighted by Crippen LogP contribution is -2.45. The first-order valence-electron chi connectivity index (χ1n) is 15.8. The second-order valence-electron chi connectivity index (χ2n) is 11.6. The van der Waals surface area contributed by atoms with Gasteiger partial charge in [-0.2, -0.15) is 4.37 Å². The quantitative estimate of drug-likeness (QED) is 0.122. The number of hydrogen-bond acceptors (Lipinski definition) is 10. The van der Waals surface area contributed by atoms with Crippen LogP contribution in [0.15, 0.2) is 65.8 Å². The highest BCUT2D eigenvalue weighted by Gasteiger charge is 2.35. The van der Waals surface area contributed by atoms with Gasteiger partial charge in [-0.1, -0.05) is 37.1 Å². The lowest BCUT2D eigenvalue weighted by atomic mass is 9.81. The van der Waals surface area contributed by atoms with Crippen molar-refractivity contribution in [3.63, 3.8) is 0 Å². The average molecular weight is 751 g/mol. The molecular formula is C34H37ClF2N4O7S2. The fourth-order valence-electron chi connectivity index (χ4n) is 5.71. The normalized spacial score (nSPS) is 16.2. The Morgan fingerprint density at radius 1 is 1.06 bits per heavy atom. The molecule has 0 bridgehead atoms. The molecule has 0 saturated carbocycles. The van der Waals surface area contributed by atoms with E-state index in [0.29, 0.717) is 53.8 Å². The molecule has 5 rings (SSSR count). The van der Waals surface area contributed by atoms with Crippen LogP contribution in [0.4, 0.5) is 18.7 Å². The Morgan fingerprint density at radius 2 is 1.84 bits per heavy atom. The minimum absolute atomic E-state index is 0.0636. The number of aromatic nitrogens is 2. The van der Waals surface area contributed by atoms with E-state index in [-0.39, 0.29) is 36.7 Å². The fourth-order valence-corrected chi connectivity index (χ4v) is 8.03. The van der Waals surface area contributed by atoms with E-state index in [9.17, 15) is 13.2 Å². The van der Waals surface area contributed by atoms with E-state index in [1.54, 1.807) is 35.2 Å². The maximum Gasteiger partial charge on any atom is 0.409 e. The van der Waals surface area contributed by atoms with Gasteiger partial charge in [0.15, 0.2) is 11.6 Å². The standard InChI is InChI=1S/C34H37ClF2N4O7S2/c1-4-5-14-47-34(42)40-13-12-27(22-6-9-25(35)10-7-22)24(18-40)20-48-31-16-29(37)32(17-28(31)36)50(43,44)41(33-38-21-39-49-33)19-23-8-11-26(45-2)15-30(23)46-3/h6-11,15-17,21,24,27H,4-5,12-14,18-20H2,1-3H3. The van der Waals surface area contributed by atoms with Crippen LogP contribution in [0, 0.1) is 17.6 Å². The van der Waals surface area contributed by atoms with Gasteiger partial charge in [-0.25, -0.2) is 31.3 Å². The van der Waals surface area contributed by atoms with E-state index in [1.807, 2.05) is 19.1 Å². The largest absolute Gasteiger partial charge is 0.497 e. The lowest BCUT2D eigenvalue weighted by molar-refractivity contribution is 0.0671. The van der Waals surface area contributed by atoms with Crippen LogP contribution >= 0.6 is 23.1 Å². The first-order valence-corrected chi connectivity index (χ1v) is 18.4. The summed E-state index contributed by atoms with van der Waals surface area (Å²) in [6.45, 7) is 2.57. The number of carbonyl (C=O) groups is 1. The number of anilines is 1. The number of methoxy groups -OCH3 is 2. The Morgan fingerprint density at radius 3 is 2.52 bits per heavy atom. The van der Waals surface area contributed by atoms with E-state index in [1.165, 1.54) is 14.2 Å². The number of ether oxygens (including phenoxy) is 4. The third kappa shape index (κ3) is 8.56. The van der Waals surface area contributed by atoms with E-state index in [2.05, 4.69) is 9.36 Å². The van der Waals surface area contributed by atoms with Crippen LogP contribution in [-0.4, -0.2) is 69.3 Å². The molecule has 1 fully saturated rings. The molecule has 3 aromatic carbocycles. The third-order valence-corrected chi connectivity index (χ3v) is 11.2. The molecule has 0 N–H and O–H groups in total. The summed E-state index contributed by atoms with van der Waals surface area (Å²) in [4.78, 5) is 17.5. The van der Waals surface area contributed by atoms with Crippen LogP contribution in [0.5, 0.6) is 17.2 Å². The van der Waals surface area contributed by atoms with Crippen LogP contribution in [0.1, 0.15) is 43.2 Å². The smallest absolute Gasteiger partial charge is 0.409 e. The maximum atomic E-state index is 15.8. The van der Waals surface area contributed by atoms with Crippen molar-refractivity contribution >= 4 is 44.4 Å². The number of hydrogen-bond donors (Lipinski definition) is 0. The van der Waals surface area contributed by atoms with Crippen LogP contribution < -0.4 is 18.5 Å². The van der Waals surface area contributed by atoms with Gasteiger partial charge in [-0.15, -0.1) is 0 Å². The Labute approximate surface area is 298 Å². The van der Waals surface area contributed by atoms with E-state index >= 15 is 8.78 Å². The molecule has 1 saturated heterocycles. The number of sulfonamides is 1. The molecule has 0 aliphatic carbocycles. The predicted molar refractivity (Wildman–Crippen MR) is 185 cm³/mol. The van der Waals surface area contributed by atoms with Crippen molar-refractivity contribution < 1.29 is 40.9 Å². The van der Waals surface area contributed by atoms with Gasteiger partial charge >= 0.3 is 6.09 Å². The molecule has 16 heteroatoms. The molecule has 2 atom stereocenters. The molecule has 2 unspecified atom stereocenters. The number of carbonyl (C=O) groups excluding carboxylic acids is 1. The number of likely N-dealkylation sites (tertiary alicyclic amines) is 1. The van der Waals surface area contributed by atoms with Gasteiger partial charge in [-0.3, -0.25) is 0 Å². The van der Waals surface area contributed by atoms with Crippen LogP contribution in [0.2, 0.25) is 5.02 Å². The summed E-state index contributed by atoms with van der Waals surface area (Å²) in [5.41, 5.74) is 1.37. The molecule has 1 amide bonds. The Hall–Kier alpha value is -4.21. The van der Waals surface area contributed by atoms with E-state index < -0.39 is 38.4 Å². The zero-order chi connectivity index (χ0) is 35.8. The molecular weight excluding hydrogens is 714 g/mol. The maximum absolute atomic E-state index is 15.8. The molecule has 268 valence electrons. The molecule has 1 aliphatic rings. The molecule has 50 heavy (non-hydrogen) atoms. The Bertz CT molecular complexity index is 1870. The number of halogens is 3. The van der Waals surface area contributed by atoms with Crippen LogP contribution in [-0.2, 0) is 21.3 Å². The van der Waals surface area contributed by atoms with Gasteiger partial charge in [-0.05, 0) is 48.6 Å². The number of nitrogens with zero attached hydrogens (tertiary/aromatic N) is 4. The van der Waals surface area contributed by atoms with Crippen molar-refractivity contribution in [2.45, 2.75) is 43.5 Å². The summed E-state index contributed by atoms with van der Waals surface area (Å²) in [6, 6.07) is 13.4. The van der Waals surface area contributed by atoms with E-state index in [0.717, 1.165) is 40.6 Å². The van der Waals surface area contributed by atoms with Gasteiger partial charge in [0.05, 0.1) is 34.0 Å². The van der Waals surface area contributed by atoms with Crippen molar-refractivity contribution in [3.05, 3.63) is 88.7 Å². The minimum Gasteiger partial charge on any atom is -0.497 e. The SMILES string of the molecule is CCCCOC(=O)N1CCC(c2ccc(Cl)cc2)C(COc2cc(F)c(S(=O)(=O)N(Cc3ccc(OC)cc3OC)c3ncns3)cc2F)C1. The summed E-state index contributed by atoms with van der Waals surface area (Å²) >= 11 is 6.88. The zero-order valence-electron chi connectivity index (χ0n) is 27.7. The van der Waals surface area contributed by atoms with Gasteiger partial charge in [0.25, 0.3) is 10.0 Å². The van der Waals surface area contributed by atoms with Crippen LogP contribution in [0.3, 0.4) is 0 Å². The molecule has 0 spiro atoms. The van der Waals surface area contributed by atoms with Crippen LogP contribution in [0.25, 0.3) is 0 Å². The summed E-state index contributed by atoms with van der Waals surface area (Å²) in [7, 11) is -1.84. The van der Waals surface area contributed by atoms with Crippen molar-refractivity contribution in [1.29, 1.82) is 0 Å². The molecule has 2 heterocycles. The molecule has 4 aromatic rings. The van der Waals surface area contributed by atoms with Gasteiger partial charge in [0.2, 0.25) is 5.13 Å². The highest BCUT2D eigenvalue weighted by Crippen LogP contribution is 2.37. The molecule has 0 radical (unpaired) electrons. The molecule has 11 nitrogen and oxygen atoms in total. The highest BCUT2D eigenvalue weighted by molar-refractivity contribution is 7.93. The summed E-state index contributed by atoms with van der Waals surface area (Å²) < 4.78 is 86.0. The second kappa shape index (κ2) is 16.7. The predicted octanol–water partition coefficient (Wildman–Crippen LogP) is 7.30. The third-order valence-electron chi connectivity index (χ3n) is 8.39. The first-order chi connectivity index (χ1) is 24.0. The summed E-state index contributed by atoms with van der Waals surface area (Å²) in [6.07, 6.45) is 2.91. The monoisotopic (exact) mass is 750 g/mol. The Kier molecular flexibility index (Phi) is 12.4. The van der Waals surface area contributed by atoms with Crippen molar-refractivity contribution in [1.82, 2.24) is 14.3 Å². The molecule has 1 aromatic heterocycles. The van der Waals surface area contributed by atoms with Crippen molar-refractivity contribution in [2.24, 2.45) is 5.92 Å². The number of amides is 1. The highest BCUT2D eigenvalue weighted by atomic mass is 35.5. The average Bonchev–Trinajstić information content (AvgIpc) is 3.65. The Balaban J connectivity index is 1.39. The van der Waals surface area contributed by atoms with Gasteiger partial charge in [0.1, 0.15) is 28.5 Å². The topological polar surface area (TPSA) is 120 Å².